The second kappa shape index (κ2) is 6.40. The Kier molecular flexibility index (Phi) is 4.32. The van der Waals surface area contributed by atoms with Crippen LogP contribution in [-0.4, -0.2) is 30.4 Å². The highest BCUT2D eigenvalue weighted by Gasteiger charge is 2.21. The summed E-state index contributed by atoms with van der Waals surface area (Å²) in [5.74, 6) is 0.864. The van der Waals surface area contributed by atoms with Crippen LogP contribution in [-0.2, 0) is 0 Å². The largest absolute Gasteiger partial charge is 0.497 e. The molecule has 2 aromatic rings. The molecule has 118 valence electrons. The fourth-order valence-electron chi connectivity index (χ4n) is 2.49. The van der Waals surface area contributed by atoms with Crippen LogP contribution in [0.1, 0.15) is 17.5 Å². The molecule has 0 bridgehead atoms. The third-order valence-corrected chi connectivity index (χ3v) is 3.91. The van der Waals surface area contributed by atoms with Crippen LogP contribution in [0.3, 0.4) is 0 Å². The maximum Gasteiger partial charge on any atom is 0.128 e. The first kappa shape index (κ1) is 15.5. The van der Waals surface area contributed by atoms with E-state index >= 15 is 0 Å². The lowest BCUT2D eigenvalue weighted by atomic mass is 9.99. The van der Waals surface area contributed by atoms with Crippen LogP contribution >= 0.6 is 11.6 Å². The third-order valence-electron chi connectivity index (χ3n) is 3.68. The highest BCUT2D eigenvalue weighted by Crippen LogP contribution is 2.29. The Balaban J connectivity index is 2.15. The highest BCUT2D eigenvalue weighted by molar-refractivity contribution is 6.31. The zero-order chi connectivity index (χ0) is 16.4. The number of methoxy groups -OCH3 is 1. The van der Waals surface area contributed by atoms with Crippen LogP contribution in [0.25, 0.3) is 0 Å². The van der Waals surface area contributed by atoms with E-state index in [0.29, 0.717) is 29.2 Å². The fourth-order valence-corrected chi connectivity index (χ4v) is 2.66. The molecule has 0 saturated heterocycles. The summed E-state index contributed by atoms with van der Waals surface area (Å²) in [6.45, 7) is 0.420. The number of amidine groups is 1. The molecule has 0 fully saturated rings. The third kappa shape index (κ3) is 3.06. The molecule has 0 spiro atoms. The average Bonchev–Trinajstić information content (AvgIpc) is 2.57. The van der Waals surface area contributed by atoms with Crippen LogP contribution < -0.4 is 9.80 Å². The smallest absolute Gasteiger partial charge is 0.128 e. The van der Waals surface area contributed by atoms with Crippen molar-refractivity contribution in [3.05, 3.63) is 58.6 Å². The topological polar surface area (TPSA) is 68.9 Å². The SMILES string of the molecule is COc1ccc(C2=NCCC(=N)N(O)c3ccc(Cl)cc32)cc1. The minimum Gasteiger partial charge on any atom is -0.497 e. The lowest BCUT2D eigenvalue weighted by Crippen LogP contribution is -2.30. The molecule has 0 saturated carbocycles. The summed E-state index contributed by atoms with van der Waals surface area (Å²) in [7, 11) is 1.62. The van der Waals surface area contributed by atoms with Gasteiger partial charge in [-0.05, 0) is 42.5 Å². The van der Waals surface area contributed by atoms with Crippen LogP contribution in [0.15, 0.2) is 47.5 Å². The van der Waals surface area contributed by atoms with E-state index < -0.39 is 0 Å². The van der Waals surface area contributed by atoms with Crippen LogP contribution in [0.5, 0.6) is 5.75 Å². The number of nitrogens with one attached hydrogen (secondary N) is 1. The minimum absolute atomic E-state index is 0.103. The second-order valence-corrected chi connectivity index (χ2v) is 5.57. The van der Waals surface area contributed by atoms with Gasteiger partial charge in [-0.25, -0.2) is 5.06 Å². The molecule has 5 nitrogen and oxygen atoms in total. The molecular formula is C17H16ClN3O2. The molecule has 0 aromatic heterocycles. The molecule has 2 aromatic carbocycles. The molecule has 1 aliphatic rings. The molecule has 2 N–H and O–H groups in total. The van der Waals surface area contributed by atoms with Crippen LogP contribution in [0.2, 0.25) is 5.02 Å². The van der Waals surface area contributed by atoms with Gasteiger partial charge in [0.25, 0.3) is 0 Å². The van der Waals surface area contributed by atoms with Crippen LogP contribution in [0.4, 0.5) is 5.69 Å². The van der Waals surface area contributed by atoms with Crippen molar-refractivity contribution < 1.29 is 9.94 Å². The molecule has 0 unspecified atom stereocenters. The number of hydrogen-bond donors (Lipinski definition) is 2. The first-order valence-corrected chi connectivity index (χ1v) is 7.53. The molecule has 3 rings (SSSR count). The van der Waals surface area contributed by atoms with Gasteiger partial charge in [-0.3, -0.25) is 15.6 Å². The first-order valence-electron chi connectivity index (χ1n) is 7.15. The van der Waals surface area contributed by atoms with Gasteiger partial charge in [-0.1, -0.05) is 11.6 Å². The Morgan fingerprint density at radius 3 is 2.65 bits per heavy atom. The molecule has 6 heteroatoms. The van der Waals surface area contributed by atoms with Gasteiger partial charge in [0.2, 0.25) is 0 Å². The van der Waals surface area contributed by atoms with E-state index in [4.69, 9.17) is 21.7 Å². The van der Waals surface area contributed by atoms with Gasteiger partial charge >= 0.3 is 0 Å². The molecule has 0 amide bonds. The van der Waals surface area contributed by atoms with Crippen molar-refractivity contribution in [2.24, 2.45) is 4.99 Å². The molecule has 1 aliphatic heterocycles. The van der Waals surface area contributed by atoms with Crippen molar-refractivity contribution in [1.29, 1.82) is 5.41 Å². The lowest BCUT2D eigenvalue weighted by molar-refractivity contribution is 0.308. The van der Waals surface area contributed by atoms with E-state index in [1.165, 1.54) is 0 Å². The standard InChI is InChI=1S/C17H16ClN3O2/c1-23-13-5-2-11(3-6-13)17-14-10-12(18)4-7-15(14)21(22)16(19)8-9-20-17/h2-7,10,19,22H,8-9H2,1H3. The van der Waals surface area contributed by atoms with Gasteiger partial charge in [-0.2, -0.15) is 0 Å². The van der Waals surface area contributed by atoms with E-state index in [1.807, 2.05) is 24.3 Å². The molecule has 23 heavy (non-hydrogen) atoms. The molecule has 1 heterocycles. The second-order valence-electron chi connectivity index (χ2n) is 5.13. The monoisotopic (exact) mass is 329 g/mol. The predicted molar refractivity (Wildman–Crippen MR) is 91.6 cm³/mol. The van der Waals surface area contributed by atoms with Crippen LogP contribution in [0, 0.1) is 5.41 Å². The molecular weight excluding hydrogens is 314 g/mol. The van der Waals surface area contributed by atoms with E-state index in [-0.39, 0.29) is 5.84 Å². The maximum atomic E-state index is 10.3. The summed E-state index contributed by atoms with van der Waals surface area (Å²) in [5, 5.41) is 19.6. The zero-order valence-corrected chi connectivity index (χ0v) is 13.3. The molecule has 0 aliphatic carbocycles. The van der Waals surface area contributed by atoms with Gasteiger partial charge < -0.3 is 4.74 Å². The Morgan fingerprint density at radius 2 is 1.96 bits per heavy atom. The van der Waals surface area contributed by atoms with Crippen molar-refractivity contribution in [3.8, 4) is 5.75 Å². The number of anilines is 1. The number of halogens is 1. The summed E-state index contributed by atoms with van der Waals surface area (Å²) < 4.78 is 5.18. The van der Waals surface area contributed by atoms with Crippen molar-refractivity contribution in [2.45, 2.75) is 6.42 Å². The zero-order valence-electron chi connectivity index (χ0n) is 12.6. The van der Waals surface area contributed by atoms with E-state index in [9.17, 15) is 5.21 Å². The summed E-state index contributed by atoms with van der Waals surface area (Å²) in [6, 6.07) is 12.7. The van der Waals surface area contributed by atoms with Crippen molar-refractivity contribution in [3.63, 3.8) is 0 Å². The highest BCUT2D eigenvalue weighted by atomic mass is 35.5. The quantitative estimate of drug-likeness (QED) is 0.881. The number of nitrogens with zero attached hydrogens (tertiary/aromatic N) is 2. The summed E-state index contributed by atoms with van der Waals surface area (Å²) in [6.07, 6.45) is 0.359. The maximum absolute atomic E-state index is 10.3. The number of benzene rings is 2. The number of hydrogen-bond acceptors (Lipinski definition) is 4. The Labute approximate surface area is 139 Å². The van der Waals surface area contributed by atoms with Gasteiger partial charge in [0.15, 0.2) is 0 Å². The number of aliphatic imine (C=N–C) groups is 1. The Bertz CT molecular complexity index is 772. The number of hydroxylamine groups is 1. The molecule has 0 atom stereocenters. The fraction of sp³-hybridized carbons (Fsp3) is 0.176. The van der Waals surface area contributed by atoms with Gasteiger partial charge in [0, 0.05) is 29.1 Å². The molecule has 0 radical (unpaired) electrons. The van der Waals surface area contributed by atoms with Crippen molar-refractivity contribution >= 4 is 28.8 Å². The van der Waals surface area contributed by atoms with Gasteiger partial charge in [0.05, 0.1) is 18.5 Å². The van der Waals surface area contributed by atoms with Crippen molar-refractivity contribution in [2.75, 3.05) is 18.7 Å². The van der Waals surface area contributed by atoms with Gasteiger partial charge in [-0.15, -0.1) is 0 Å². The Hall–Kier alpha value is -2.37. The summed E-state index contributed by atoms with van der Waals surface area (Å²) in [5.41, 5.74) is 2.82. The lowest BCUT2D eigenvalue weighted by Gasteiger charge is -2.24. The number of rotatable bonds is 2. The number of ether oxygens (including phenoxy) is 1. The van der Waals surface area contributed by atoms with Gasteiger partial charge in [0.1, 0.15) is 11.6 Å². The van der Waals surface area contributed by atoms with E-state index in [0.717, 1.165) is 22.1 Å². The van der Waals surface area contributed by atoms with Crippen molar-refractivity contribution in [1.82, 2.24) is 0 Å². The Morgan fingerprint density at radius 1 is 1.22 bits per heavy atom. The normalized spacial score (nSPS) is 14.7. The van der Waals surface area contributed by atoms with E-state index in [2.05, 4.69) is 4.99 Å². The van der Waals surface area contributed by atoms with E-state index in [1.54, 1.807) is 25.3 Å². The predicted octanol–water partition coefficient (Wildman–Crippen LogP) is 3.76. The number of fused-ring (bicyclic) bond motifs is 1. The summed E-state index contributed by atoms with van der Waals surface area (Å²) >= 11 is 6.13. The first-order chi connectivity index (χ1) is 11.1. The summed E-state index contributed by atoms with van der Waals surface area (Å²) in [4.78, 5) is 4.61. The minimum atomic E-state index is 0.103. The average molecular weight is 330 g/mol.